The van der Waals surface area contributed by atoms with E-state index in [1.165, 1.54) is 12.4 Å². The molecule has 0 unspecified atom stereocenters. The third-order valence-corrected chi connectivity index (χ3v) is 2.26. The molecule has 1 amide bonds. The molecule has 0 aliphatic carbocycles. The van der Waals surface area contributed by atoms with Crippen LogP contribution in [-0.4, -0.2) is 34.6 Å². The fourth-order valence-electron chi connectivity index (χ4n) is 1.26. The average molecular weight is 258 g/mol. The fraction of sp³-hybridized carbons (Fsp3) is 0.545. The Kier molecular flexibility index (Phi) is 4.84. The normalized spacial score (nSPS) is 11.3. The summed E-state index contributed by atoms with van der Waals surface area (Å²) in [6, 6.07) is 0. The van der Waals surface area contributed by atoms with E-state index in [4.69, 9.17) is 16.3 Å². The van der Waals surface area contributed by atoms with Crippen LogP contribution in [0.25, 0.3) is 0 Å². The molecule has 0 aromatic carbocycles. The molecule has 0 fully saturated rings. The molecular weight excluding hydrogens is 242 g/mol. The summed E-state index contributed by atoms with van der Waals surface area (Å²) in [7, 11) is 0. The van der Waals surface area contributed by atoms with Crippen LogP contribution in [0.1, 0.15) is 31.3 Å². The highest BCUT2D eigenvalue weighted by Gasteiger charge is 2.19. The molecule has 0 radical (unpaired) electrons. The highest BCUT2D eigenvalue weighted by atomic mass is 35.5. The Morgan fingerprint density at radius 1 is 1.47 bits per heavy atom. The summed E-state index contributed by atoms with van der Waals surface area (Å²) >= 11 is 5.58. The van der Waals surface area contributed by atoms with Gasteiger partial charge in [-0.2, -0.15) is 0 Å². The molecule has 0 saturated carbocycles. The molecule has 0 bridgehead atoms. The van der Waals surface area contributed by atoms with E-state index in [-0.39, 0.29) is 16.8 Å². The Morgan fingerprint density at radius 3 is 2.71 bits per heavy atom. The van der Waals surface area contributed by atoms with Crippen LogP contribution in [0.2, 0.25) is 5.15 Å². The van der Waals surface area contributed by atoms with E-state index in [1.54, 1.807) is 0 Å². The van der Waals surface area contributed by atoms with Gasteiger partial charge >= 0.3 is 0 Å². The van der Waals surface area contributed by atoms with E-state index in [2.05, 4.69) is 15.3 Å². The van der Waals surface area contributed by atoms with Crippen molar-refractivity contribution in [2.75, 3.05) is 13.2 Å². The Hall–Kier alpha value is -1.20. The van der Waals surface area contributed by atoms with Crippen molar-refractivity contribution >= 4 is 17.5 Å². The number of carbonyl (C=O) groups excluding carboxylic acids is 1. The highest BCUT2D eigenvalue weighted by Crippen LogP contribution is 2.07. The van der Waals surface area contributed by atoms with Gasteiger partial charge in [0.05, 0.1) is 18.0 Å². The minimum Gasteiger partial charge on any atom is -0.374 e. The number of ether oxygens (including phenoxy) is 1. The van der Waals surface area contributed by atoms with Crippen molar-refractivity contribution in [2.24, 2.45) is 0 Å². The summed E-state index contributed by atoms with van der Waals surface area (Å²) < 4.78 is 5.46. The summed E-state index contributed by atoms with van der Waals surface area (Å²) in [5, 5.41) is 2.99. The van der Waals surface area contributed by atoms with Crippen molar-refractivity contribution in [3.63, 3.8) is 0 Å². The quantitative estimate of drug-likeness (QED) is 0.872. The number of hydrogen-bond acceptors (Lipinski definition) is 4. The minimum absolute atomic E-state index is 0.238. The molecule has 0 atom stereocenters. The van der Waals surface area contributed by atoms with Crippen molar-refractivity contribution < 1.29 is 9.53 Å². The predicted molar refractivity (Wildman–Crippen MR) is 65.1 cm³/mol. The molecule has 0 saturated heterocycles. The molecule has 1 heterocycles. The van der Waals surface area contributed by atoms with Gasteiger partial charge in [-0.3, -0.25) is 4.79 Å². The first kappa shape index (κ1) is 13.9. The molecule has 6 heteroatoms. The van der Waals surface area contributed by atoms with Gasteiger partial charge < -0.3 is 10.1 Å². The summed E-state index contributed by atoms with van der Waals surface area (Å²) in [6.45, 7) is 6.73. The maximum Gasteiger partial charge on any atom is 0.271 e. The molecular formula is C11H16ClN3O2. The first-order valence-electron chi connectivity index (χ1n) is 5.34. The summed E-state index contributed by atoms with van der Waals surface area (Å²) in [4.78, 5) is 19.4. The maximum absolute atomic E-state index is 11.7. The van der Waals surface area contributed by atoms with E-state index >= 15 is 0 Å². The van der Waals surface area contributed by atoms with Crippen molar-refractivity contribution in [3.8, 4) is 0 Å². The standard InChI is InChI=1S/C11H16ClN3O2/c1-4-17-11(2,3)7-15-10(16)8-5-14-9(12)6-13-8/h5-6H,4,7H2,1-3H3,(H,15,16). The fourth-order valence-corrected chi connectivity index (χ4v) is 1.35. The number of nitrogens with one attached hydrogen (secondary N) is 1. The molecule has 0 spiro atoms. The third kappa shape index (κ3) is 4.66. The molecule has 1 rings (SSSR count). The Bertz CT molecular complexity index is 379. The largest absolute Gasteiger partial charge is 0.374 e. The van der Waals surface area contributed by atoms with Gasteiger partial charge in [0.25, 0.3) is 5.91 Å². The van der Waals surface area contributed by atoms with E-state index in [9.17, 15) is 4.79 Å². The first-order valence-corrected chi connectivity index (χ1v) is 5.72. The van der Waals surface area contributed by atoms with Crippen LogP contribution in [0.5, 0.6) is 0 Å². The van der Waals surface area contributed by atoms with Crippen LogP contribution in [0, 0.1) is 0 Å². The minimum atomic E-state index is -0.399. The van der Waals surface area contributed by atoms with Gasteiger partial charge in [-0.25, -0.2) is 9.97 Å². The van der Waals surface area contributed by atoms with Crippen LogP contribution >= 0.6 is 11.6 Å². The highest BCUT2D eigenvalue weighted by molar-refractivity contribution is 6.29. The van der Waals surface area contributed by atoms with Crippen LogP contribution < -0.4 is 5.32 Å². The van der Waals surface area contributed by atoms with Gasteiger partial charge in [-0.1, -0.05) is 11.6 Å². The lowest BCUT2D eigenvalue weighted by atomic mass is 10.1. The number of hydrogen-bond donors (Lipinski definition) is 1. The average Bonchev–Trinajstić information content (AvgIpc) is 2.27. The first-order chi connectivity index (χ1) is 7.94. The summed E-state index contributed by atoms with van der Waals surface area (Å²) in [5.74, 6) is -0.290. The van der Waals surface area contributed by atoms with Gasteiger partial charge in [0, 0.05) is 13.2 Å². The summed E-state index contributed by atoms with van der Waals surface area (Å²) in [5.41, 5.74) is -0.161. The summed E-state index contributed by atoms with van der Waals surface area (Å²) in [6.07, 6.45) is 2.68. The molecule has 5 nitrogen and oxygen atoms in total. The number of carbonyl (C=O) groups is 1. The Balaban J connectivity index is 2.53. The second kappa shape index (κ2) is 5.93. The third-order valence-electron chi connectivity index (χ3n) is 2.06. The van der Waals surface area contributed by atoms with Crippen molar-refractivity contribution in [3.05, 3.63) is 23.2 Å². The van der Waals surface area contributed by atoms with Crippen LogP contribution in [0.15, 0.2) is 12.4 Å². The zero-order valence-electron chi connectivity index (χ0n) is 10.2. The van der Waals surface area contributed by atoms with E-state index in [0.717, 1.165) is 0 Å². The van der Waals surface area contributed by atoms with Gasteiger partial charge in [0.2, 0.25) is 0 Å². The predicted octanol–water partition coefficient (Wildman–Crippen LogP) is 1.67. The van der Waals surface area contributed by atoms with E-state index < -0.39 is 5.60 Å². The maximum atomic E-state index is 11.7. The van der Waals surface area contributed by atoms with E-state index in [0.29, 0.717) is 13.2 Å². The van der Waals surface area contributed by atoms with Gasteiger partial charge in [0.1, 0.15) is 10.8 Å². The smallest absolute Gasteiger partial charge is 0.271 e. The lowest BCUT2D eigenvalue weighted by Crippen LogP contribution is -2.40. The second-order valence-electron chi connectivity index (χ2n) is 4.10. The molecule has 0 aliphatic rings. The number of aromatic nitrogens is 2. The lowest BCUT2D eigenvalue weighted by Gasteiger charge is -2.24. The van der Waals surface area contributed by atoms with Crippen LogP contribution in [0.3, 0.4) is 0 Å². The molecule has 1 aromatic heterocycles. The van der Waals surface area contributed by atoms with Gasteiger partial charge in [0.15, 0.2) is 0 Å². The Labute approximate surface area is 106 Å². The van der Waals surface area contributed by atoms with Crippen LogP contribution in [-0.2, 0) is 4.74 Å². The zero-order chi connectivity index (χ0) is 12.9. The monoisotopic (exact) mass is 257 g/mol. The van der Waals surface area contributed by atoms with Gasteiger partial charge in [-0.05, 0) is 20.8 Å². The Morgan fingerprint density at radius 2 is 2.18 bits per heavy atom. The van der Waals surface area contributed by atoms with Crippen LogP contribution in [0.4, 0.5) is 0 Å². The lowest BCUT2D eigenvalue weighted by molar-refractivity contribution is -0.00818. The van der Waals surface area contributed by atoms with Crippen molar-refractivity contribution in [1.82, 2.24) is 15.3 Å². The number of rotatable bonds is 5. The van der Waals surface area contributed by atoms with Crippen molar-refractivity contribution in [1.29, 1.82) is 0 Å². The zero-order valence-corrected chi connectivity index (χ0v) is 10.9. The number of amides is 1. The van der Waals surface area contributed by atoms with Crippen molar-refractivity contribution in [2.45, 2.75) is 26.4 Å². The molecule has 1 aromatic rings. The number of halogens is 1. The SMILES string of the molecule is CCOC(C)(C)CNC(=O)c1cnc(Cl)cn1. The molecule has 1 N–H and O–H groups in total. The molecule has 0 aliphatic heterocycles. The molecule has 17 heavy (non-hydrogen) atoms. The molecule has 94 valence electrons. The van der Waals surface area contributed by atoms with Gasteiger partial charge in [-0.15, -0.1) is 0 Å². The topological polar surface area (TPSA) is 64.1 Å². The second-order valence-corrected chi connectivity index (χ2v) is 4.49. The van der Waals surface area contributed by atoms with E-state index in [1.807, 2.05) is 20.8 Å². The number of nitrogens with zero attached hydrogens (tertiary/aromatic N) is 2.